The van der Waals surface area contributed by atoms with E-state index in [-0.39, 0.29) is 11.8 Å². The van der Waals surface area contributed by atoms with Crippen LogP contribution in [-0.4, -0.2) is 48.8 Å². The van der Waals surface area contributed by atoms with Gasteiger partial charge >= 0.3 is 5.97 Å². The number of nitrogens with zero attached hydrogens (tertiary/aromatic N) is 1. The summed E-state index contributed by atoms with van der Waals surface area (Å²) in [4.78, 5) is 13.0. The summed E-state index contributed by atoms with van der Waals surface area (Å²) >= 11 is 0. The molecule has 1 N–H and O–H groups in total. The molecule has 1 saturated heterocycles. The third-order valence-electron chi connectivity index (χ3n) is 3.12. The predicted molar refractivity (Wildman–Crippen MR) is 62.5 cm³/mol. The largest absolute Gasteiger partial charge is 0.481 e. The van der Waals surface area contributed by atoms with Crippen LogP contribution in [0.3, 0.4) is 0 Å². The van der Waals surface area contributed by atoms with Crippen molar-refractivity contribution in [2.45, 2.75) is 39.2 Å². The molecule has 1 heterocycles. The monoisotopic (exact) mass is 229 g/mol. The Morgan fingerprint density at radius 3 is 2.50 bits per heavy atom. The number of carboxylic acids is 1. The van der Waals surface area contributed by atoms with Crippen LogP contribution < -0.4 is 0 Å². The second-order valence-corrected chi connectivity index (χ2v) is 5.49. The van der Waals surface area contributed by atoms with Crippen molar-refractivity contribution in [1.29, 1.82) is 0 Å². The highest BCUT2D eigenvalue weighted by Crippen LogP contribution is 2.24. The summed E-state index contributed by atoms with van der Waals surface area (Å²) in [5, 5.41) is 8.83. The van der Waals surface area contributed by atoms with E-state index in [1.165, 1.54) is 0 Å². The van der Waals surface area contributed by atoms with Crippen LogP contribution in [0.2, 0.25) is 0 Å². The fourth-order valence-corrected chi connectivity index (χ4v) is 2.40. The van der Waals surface area contributed by atoms with Gasteiger partial charge in [-0.15, -0.1) is 0 Å². The first-order valence-electron chi connectivity index (χ1n) is 5.90. The highest BCUT2D eigenvalue weighted by molar-refractivity contribution is 5.67. The molecule has 0 aromatic rings. The van der Waals surface area contributed by atoms with Crippen molar-refractivity contribution in [3.8, 4) is 0 Å². The maximum absolute atomic E-state index is 10.7. The molecule has 0 bridgehead atoms. The Morgan fingerprint density at radius 1 is 1.44 bits per heavy atom. The maximum Gasteiger partial charge on any atom is 0.303 e. The first-order valence-corrected chi connectivity index (χ1v) is 5.90. The van der Waals surface area contributed by atoms with Crippen LogP contribution >= 0.6 is 0 Å². The molecule has 0 saturated carbocycles. The Balaban J connectivity index is 2.41. The van der Waals surface area contributed by atoms with E-state index < -0.39 is 5.97 Å². The zero-order chi connectivity index (χ0) is 12.2. The van der Waals surface area contributed by atoms with Crippen LogP contribution in [0.15, 0.2) is 0 Å². The van der Waals surface area contributed by atoms with Gasteiger partial charge in [0.15, 0.2) is 0 Å². The van der Waals surface area contributed by atoms with E-state index in [9.17, 15) is 4.79 Å². The lowest BCUT2D eigenvalue weighted by molar-refractivity contribution is -0.139. The molecule has 16 heavy (non-hydrogen) atoms. The molecule has 0 spiro atoms. The minimum Gasteiger partial charge on any atom is -0.481 e. The summed E-state index contributed by atoms with van der Waals surface area (Å²) in [6.07, 6.45) is 2.33. The lowest BCUT2D eigenvalue weighted by Gasteiger charge is -2.36. The molecule has 1 rings (SSSR count). The van der Waals surface area contributed by atoms with Gasteiger partial charge < -0.3 is 14.7 Å². The number of rotatable bonds is 5. The van der Waals surface area contributed by atoms with Crippen molar-refractivity contribution in [2.24, 2.45) is 5.41 Å². The number of hydrogen-bond donors (Lipinski definition) is 1. The zero-order valence-corrected chi connectivity index (χ0v) is 10.5. The second-order valence-electron chi connectivity index (χ2n) is 5.49. The average Bonchev–Trinajstić information content (AvgIpc) is 2.16. The zero-order valence-electron chi connectivity index (χ0n) is 10.5. The number of hydrogen-bond acceptors (Lipinski definition) is 3. The quantitative estimate of drug-likeness (QED) is 0.778. The van der Waals surface area contributed by atoms with Crippen molar-refractivity contribution >= 4 is 5.97 Å². The summed E-state index contributed by atoms with van der Waals surface area (Å²) < 4.78 is 5.32. The Kier molecular flexibility index (Phi) is 4.74. The summed E-state index contributed by atoms with van der Waals surface area (Å²) in [5.41, 5.74) is -0.168. The molecule has 94 valence electrons. The molecule has 4 nitrogen and oxygen atoms in total. The summed E-state index contributed by atoms with van der Waals surface area (Å²) in [7, 11) is 2.08. The number of carbonyl (C=O) groups is 1. The van der Waals surface area contributed by atoms with Crippen molar-refractivity contribution in [3.05, 3.63) is 0 Å². The Labute approximate surface area is 97.6 Å². The van der Waals surface area contributed by atoms with Crippen molar-refractivity contribution in [1.82, 2.24) is 4.90 Å². The van der Waals surface area contributed by atoms with Crippen LogP contribution in [0.4, 0.5) is 0 Å². The second kappa shape index (κ2) is 5.64. The van der Waals surface area contributed by atoms with E-state index in [1.807, 2.05) is 13.8 Å². The van der Waals surface area contributed by atoms with Crippen molar-refractivity contribution in [2.75, 3.05) is 26.8 Å². The number of aliphatic carboxylic acids is 1. The van der Waals surface area contributed by atoms with Gasteiger partial charge in [0, 0.05) is 25.8 Å². The van der Waals surface area contributed by atoms with Crippen molar-refractivity contribution < 1.29 is 14.6 Å². The molecule has 1 aliphatic rings. The number of carboxylic acid groups (broad SMARTS) is 1. The molecule has 1 aliphatic heterocycles. The molecule has 0 aromatic heterocycles. The first-order chi connectivity index (χ1) is 7.41. The van der Waals surface area contributed by atoms with E-state index >= 15 is 0 Å². The van der Waals surface area contributed by atoms with Crippen LogP contribution in [0, 0.1) is 5.41 Å². The summed E-state index contributed by atoms with van der Waals surface area (Å²) in [6.45, 7) is 6.50. The molecule has 4 heteroatoms. The molecule has 0 radical (unpaired) electrons. The molecular weight excluding hydrogens is 206 g/mol. The highest BCUT2D eigenvalue weighted by atomic mass is 16.5. The fourth-order valence-electron chi connectivity index (χ4n) is 2.40. The van der Waals surface area contributed by atoms with Gasteiger partial charge in [-0.2, -0.15) is 0 Å². The minimum absolute atomic E-state index is 0.168. The molecule has 1 fully saturated rings. The predicted octanol–water partition coefficient (Wildman–Crippen LogP) is 1.60. The number of ether oxygens (including phenoxy) is 1. The third kappa shape index (κ3) is 4.49. The SMILES string of the molecule is CN(CC(C)(C)CC(=O)O)C1CCOCC1. The molecule has 0 atom stereocenters. The van der Waals surface area contributed by atoms with Gasteiger partial charge in [0.2, 0.25) is 0 Å². The first kappa shape index (κ1) is 13.5. The van der Waals surface area contributed by atoms with Gasteiger partial charge in [0.05, 0.1) is 6.42 Å². The van der Waals surface area contributed by atoms with E-state index in [0.717, 1.165) is 32.6 Å². The molecular formula is C12H23NO3. The van der Waals surface area contributed by atoms with E-state index in [2.05, 4.69) is 11.9 Å². The molecule has 0 aromatic carbocycles. The lowest BCUT2D eigenvalue weighted by atomic mass is 9.88. The maximum atomic E-state index is 10.7. The van der Waals surface area contributed by atoms with E-state index in [4.69, 9.17) is 9.84 Å². The van der Waals surface area contributed by atoms with Gasteiger partial charge in [-0.25, -0.2) is 0 Å². The van der Waals surface area contributed by atoms with Crippen LogP contribution in [-0.2, 0) is 9.53 Å². The Hall–Kier alpha value is -0.610. The van der Waals surface area contributed by atoms with Crippen molar-refractivity contribution in [3.63, 3.8) is 0 Å². The van der Waals surface area contributed by atoms with E-state index in [0.29, 0.717) is 6.04 Å². The highest BCUT2D eigenvalue weighted by Gasteiger charge is 2.27. The minimum atomic E-state index is -0.717. The van der Waals surface area contributed by atoms with Crippen LogP contribution in [0.5, 0.6) is 0 Å². The normalized spacial score (nSPS) is 19.0. The smallest absolute Gasteiger partial charge is 0.303 e. The van der Waals surface area contributed by atoms with Gasteiger partial charge in [-0.05, 0) is 25.3 Å². The summed E-state index contributed by atoms with van der Waals surface area (Å²) in [6, 6.07) is 0.543. The van der Waals surface area contributed by atoms with Crippen LogP contribution in [0.1, 0.15) is 33.1 Å². The molecule has 0 aliphatic carbocycles. The third-order valence-corrected chi connectivity index (χ3v) is 3.12. The summed E-state index contributed by atoms with van der Waals surface area (Å²) in [5.74, 6) is -0.717. The van der Waals surface area contributed by atoms with Gasteiger partial charge in [-0.3, -0.25) is 4.79 Å². The fraction of sp³-hybridized carbons (Fsp3) is 0.917. The standard InChI is InChI=1S/C12H23NO3/c1-12(2,8-11(14)15)9-13(3)10-4-6-16-7-5-10/h10H,4-9H2,1-3H3,(H,14,15). The Morgan fingerprint density at radius 2 is 2.00 bits per heavy atom. The van der Waals surface area contributed by atoms with Gasteiger partial charge in [0.1, 0.15) is 0 Å². The Bertz CT molecular complexity index is 234. The molecule has 0 unspecified atom stereocenters. The van der Waals surface area contributed by atoms with E-state index in [1.54, 1.807) is 0 Å². The lowest BCUT2D eigenvalue weighted by Crippen LogP contribution is -2.42. The van der Waals surface area contributed by atoms with Gasteiger partial charge in [-0.1, -0.05) is 13.8 Å². The van der Waals surface area contributed by atoms with Gasteiger partial charge in [0.25, 0.3) is 0 Å². The van der Waals surface area contributed by atoms with Crippen LogP contribution in [0.25, 0.3) is 0 Å². The molecule has 0 amide bonds. The average molecular weight is 229 g/mol. The topological polar surface area (TPSA) is 49.8 Å².